The van der Waals surface area contributed by atoms with Gasteiger partial charge in [0.05, 0.1) is 13.0 Å². The molecule has 0 aromatic rings. The molecule has 8 nitrogen and oxygen atoms in total. The van der Waals surface area contributed by atoms with Crippen molar-refractivity contribution in [2.45, 2.75) is 25.3 Å². The second-order valence-electron chi connectivity index (χ2n) is 4.94. The predicted octanol–water partition coefficient (Wildman–Crippen LogP) is -0.324. The molecule has 2 aliphatic carbocycles. The summed E-state index contributed by atoms with van der Waals surface area (Å²) in [6.45, 7) is 0. The Balaban J connectivity index is 2.09. The lowest BCUT2D eigenvalue weighted by atomic mass is 9.85. The van der Waals surface area contributed by atoms with E-state index in [1.54, 1.807) is 4.72 Å². The smallest absolute Gasteiger partial charge is 0.421 e. The SMILES string of the molecule is COC(=O)NS(=O)(=O)NC1C2CCC(C2)C1C(=O)O. The van der Waals surface area contributed by atoms with E-state index in [4.69, 9.17) is 0 Å². The molecule has 0 saturated heterocycles. The topological polar surface area (TPSA) is 122 Å². The van der Waals surface area contributed by atoms with Gasteiger partial charge >= 0.3 is 22.3 Å². The summed E-state index contributed by atoms with van der Waals surface area (Å²) in [7, 11) is -3.06. The van der Waals surface area contributed by atoms with Gasteiger partial charge in [-0.15, -0.1) is 0 Å². The molecule has 2 bridgehead atoms. The van der Waals surface area contributed by atoms with E-state index in [1.165, 1.54) is 0 Å². The first-order valence-corrected chi connectivity index (χ1v) is 7.43. The Morgan fingerprint density at radius 1 is 1.26 bits per heavy atom. The molecule has 1 amide bonds. The van der Waals surface area contributed by atoms with Gasteiger partial charge in [-0.2, -0.15) is 13.1 Å². The fraction of sp³-hybridized carbons (Fsp3) is 0.800. The molecular formula is C10H16N2O6S. The van der Waals surface area contributed by atoms with Crippen LogP contribution in [0.2, 0.25) is 0 Å². The number of methoxy groups -OCH3 is 1. The van der Waals surface area contributed by atoms with Crippen LogP contribution in [0.5, 0.6) is 0 Å². The second-order valence-corrected chi connectivity index (χ2v) is 6.38. The van der Waals surface area contributed by atoms with Gasteiger partial charge in [-0.3, -0.25) is 4.79 Å². The number of rotatable bonds is 4. The summed E-state index contributed by atoms with van der Waals surface area (Å²) in [6, 6.07) is -0.668. The van der Waals surface area contributed by atoms with E-state index in [1.807, 2.05) is 0 Å². The maximum Gasteiger partial charge on any atom is 0.421 e. The van der Waals surface area contributed by atoms with Gasteiger partial charge in [0, 0.05) is 6.04 Å². The Morgan fingerprint density at radius 2 is 1.89 bits per heavy atom. The monoisotopic (exact) mass is 292 g/mol. The van der Waals surface area contributed by atoms with Gasteiger partial charge in [0.2, 0.25) is 0 Å². The van der Waals surface area contributed by atoms with Gasteiger partial charge < -0.3 is 9.84 Å². The largest absolute Gasteiger partial charge is 0.481 e. The van der Waals surface area contributed by atoms with Crippen molar-refractivity contribution in [3.63, 3.8) is 0 Å². The van der Waals surface area contributed by atoms with Crippen molar-refractivity contribution in [2.75, 3.05) is 7.11 Å². The van der Waals surface area contributed by atoms with Crippen molar-refractivity contribution in [1.29, 1.82) is 0 Å². The summed E-state index contributed by atoms with van der Waals surface area (Å²) in [5, 5.41) is 9.18. The Morgan fingerprint density at radius 3 is 2.47 bits per heavy atom. The Kier molecular flexibility index (Phi) is 3.68. The lowest BCUT2D eigenvalue weighted by Crippen LogP contribution is -2.51. The summed E-state index contributed by atoms with van der Waals surface area (Å²) in [6.07, 6.45) is 1.22. The molecule has 108 valence electrons. The van der Waals surface area contributed by atoms with E-state index in [9.17, 15) is 23.1 Å². The number of carbonyl (C=O) groups is 2. The molecule has 0 aromatic carbocycles. The predicted molar refractivity (Wildman–Crippen MR) is 63.3 cm³/mol. The van der Waals surface area contributed by atoms with Crippen LogP contribution in [0.15, 0.2) is 0 Å². The van der Waals surface area contributed by atoms with Gasteiger partial charge in [-0.1, -0.05) is 0 Å². The maximum absolute atomic E-state index is 11.7. The highest BCUT2D eigenvalue weighted by atomic mass is 32.2. The van der Waals surface area contributed by atoms with E-state index in [0.29, 0.717) is 6.42 Å². The number of fused-ring (bicyclic) bond motifs is 2. The third-order valence-electron chi connectivity index (χ3n) is 3.90. The molecule has 4 unspecified atom stereocenters. The van der Waals surface area contributed by atoms with Crippen molar-refractivity contribution >= 4 is 22.3 Å². The van der Waals surface area contributed by atoms with Gasteiger partial charge in [-0.05, 0) is 31.1 Å². The number of aliphatic carboxylic acids is 1. The number of carbonyl (C=O) groups excluding carboxylic acids is 1. The van der Waals surface area contributed by atoms with Crippen molar-refractivity contribution in [2.24, 2.45) is 17.8 Å². The first-order valence-electron chi connectivity index (χ1n) is 5.95. The van der Waals surface area contributed by atoms with Crippen LogP contribution in [0.4, 0.5) is 4.79 Å². The Labute approximate surface area is 110 Å². The molecule has 0 aliphatic heterocycles. The third-order valence-corrected chi connectivity index (χ3v) is 4.91. The lowest BCUT2D eigenvalue weighted by molar-refractivity contribution is -0.144. The third kappa shape index (κ3) is 2.81. The molecule has 2 aliphatic rings. The second kappa shape index (κ2) is 4.97. The summed E-state index contributed by atoms with van der Waals surface area (Å²) >= 11 is 0. The number of amides is 1. The maximum atomic E-state index is 11.7. The van der Waals surface area contributed by atoms with Crippen LogP contribution in [0.25, 0.3) is 0 Å². The van der Waals surface area contributed by atoms with Gasteiger partial charge in [0.1, 0.15) is 0 Å². The highest BCUT2D eigenvalue weighted by Crippen LogP contribution is 2.48. The minimum Gasteiger partial charge on any atom is -0.481 e. The van der Waals surface area contributed by atoms with Crippen LogP contribution in [0, 0.1) is 17.8 Å². The van der Waals surface area contributed by atoms with E-state index in [0.717, 1.165) is 20.0 Å². The zero-order valence-electron chi connectivity index (χ0n) is 10.3. The van der Waals surface area contributed by atoms with E-state index in [2.05, 4.69) is 9.46 Å². The number of hydrogen-bond acceptors (Lipinski definition) is 5. The van der Waals surface area contributed by atoms with Gasteiger partial charge in [0.15, 0.2) is 0 Å². The van der Waals surface area contributed by atoms with Crippen molar-refractivity contribution < 1.29 is 27.9 Å². The van der Waals surface area contributed by atoms with Crippen LogP contribution >= 0.6 is 0 Å². The average Bonchev–Trinajstić information content (AvgIpc) is 2.87. The molecule has 0 aromatic heterocycles. The van der Waals surface area contributed by atoms with E-state index in [-0.39, 0.29) is 11.8 Å². The minimum absolute atomic E-state index is 0.00771. The summed E-state index contributed by atoms with van der Waals surface area (Å²) in [5.74, 6) is -1.71. The number of carboxylic acid groups (broad SMARTS) is 1. The summed E-state index contributed by atoms with van der Waals surface area (Å²) in [5.41, 5.74) is 0. The van der Waals surface area contributed by atoms with Crippen LogP contribution in [-0.2, 0) is 19.7 Å². The zero-order chi connectivity index (χ0) is 14.2. The Hall–Kier alpha value is -1.35. The fourth-order valence-electron chi connectivity index (χ4n) is 3.18. The summed E-state index contributed by atoms with van der Waals surface area (Å²) in [4.78, 5) is 22.1. The standard InChI is InChI=1S/C10H16N2O6S/c1-18-10(15)12-19(16,17)11-8-6-3-2-5(4-6)7(8)9(13)14/h5-8,11H,2-4H2,1H3,(H,12,15)(H,13,14). The van der Waals surface area contributed by atoms with Crippen LogP contribution < -0.4 is 9.44 Å². The van der Waals surface area contributed by atoms with Crippen molar-refractivity contribution in [3.8, 4) is 0 Å². The molecule has 0 heterocycles. The van der Waals surface area contributed by atoms with Gasteiger partial charge in [0.25, 0.3) is 0 Å². The van der Waals surface area contributed by atoms with Gasteiger partial charge in [-0.25, -0.2) is 9.52 Å². The molecule has 0 spiro atoms. The highest BCUT2D eigenvalue weighted by molar-refractivity contribution is 7.88. The lowest BCUT2D eigenvalue weighted by Gasteiger charge is -2.28. The van der Waals surface area contributed by atoms with Crippen LogP contribution in [0.3, 0.4) is 0 Å². The summed E-state index contributed by atoms with van der Waals surface area (Å²) < 4.78 is 31.5. The average molecular weight is 292 g/mol. The number of nitrogens with one attached hydrogen (secondary N) is 2. The van der Waals surface area contributed by atoms with Crippen molar-refractivity contribution in [1.82, 2.24) is 9.44 Å². The minimum atomic E-state index is -4.10. The molecule has 2 rings (SSSR count). The molecule has 2 fully saturated rings. The first-order chi connectivity index (χ1) is 8.84. The fourth-order valence-corrected chi connectivity index (χ4v) is 4.24. The Bertz CT molecular complexity index is 490. The van der Waals surface area contributed by atoms with Crippen LogP contribution in [0.1, 0.15) is 19.3 Å². The molecule has 9 heteroatoms. The van der Waals surface area contributed by atoms with Crippen LogP contribution in [-0.4, -0.2) is 38.7 Å². The number of ether oxygens (including phenoxy) is 1. The number of carboxylic acids is 1. The molecular weight excluding hydrogens is 276 g/mol. The zero-order valence-corrected chi connectivity index (χ0v) is 11.1. The van der Waals surface area contributed by atoms with E-state index < -0.39 is 34.2 Å². The molecule has 4 atom stereocenters. The first kappa shape index (κ1) is 14.1. The molecule has 3 N–H and O–H groups in total. The number of hydrogen-bond donors (Lipinski definition) is 3. The molecule has 19 heavy (non-hydrogen) atoms. The highest BCUT2D eigenvalue weighted by Gasteiger charge is 2.52. The van der Waals surface area contributed by atoms with E-state index >= 15 is 0 Å². The molecule has 0 radical (unpaired) electrons. The normalized spacial score (nSPS) is 33.1. The van der Waals surface area contributed by atoms with Crippen molar-refractivity contribution in [3.05, 3.63) is 0 Å². The molecule has 2 saturated carbocycles. The quantitative estimate of drug-likeness (QED) is 0.652.